The van der Waals surface area contributed by atoms with E-state index in [1.165, 1.54) is 0 Å². The largest absolute Gasteiger partial charge is 0.303 e. The van der Waals surface area contributed by atoms with Gasteiger partial charge in [0.15, 0.2) is 0 Å². The van der Waals surface area contributed by atoms with Crippen LogP contribution in [0.2, 0.25) is 0 Å². The Morgan fingerprint density at radius 1 is 0.778 bits per heavy atom. The predicted octanol–water partition coefficient (Wildman–Crippen LogP) is 5.54. The van der Waals surface area contributed by atoms with Crippen LogP contribution in [0.5, 0.6) is 0 Å². The minimum atomic E-state index is -0.375. The van der Waals surface area contributed by atoms with Gasteiger partial charge in [0.1, 0.15) is 6.29 Å². The van der Waals surface area contributed by atoms with E-state index < -0.39 is 0 Å². The summed E-state index contributed by atoms with van der Waals surface area (Å²) in [6, 6.07) is 0. The van der Waals surface area contributed by atoms with Crippen molar-refractivity contribution in [3.05, 3.63) is 68.1 Å². The molecule has 0 heterocycles. The summed E-state index contributed by atoms with van der Waals surface area (Å²) < 4.78 is 0. The number of carbonyl (C=O) groups excluding carboxylic acids is 1. The highest BCUT2D eigenvalue weighted by molar-refractivity contribution is 5.48. The van der Waals surface area contributed by atoms with Crippen molar-refractivity contribution in [1.82, 2.24) is 0 Å². The summed E-state index contributed by atoms with van der Waals surface area (Å²) in [5.41, 5.74) is 0.368. The highest BCUT2D eigenvalue weighted by Gasteiger charge is 2.07. The van der Waals surface area contributed by atoms with Crippen molar-refractivity contribution < 1.29 is 14.6 Å². The third-order valence-corrected chi connectivity index (χ3v) is 3.82. The number of rotatable bonds is 16. The number of hydrogen-bond donors (Lipinski definition) is 0. The zero-order valence-electron chi connectivity index (χ0n) is 16.0. The summed E-state index contributed by atoms with van der Waals surface area (Å²) >= 11 is 0. The molecule has 0 saturated carbocycles. The number of hydrogen-bond acceptors (Lipinski definition) is 5. The summed E-state index contributed by atoms with van der Waals surface area (Å²) in [5.74, 6) is 0. The van der Waals surface area contributed by atoms with E-state index in [1.807, 2.05) is 19.1 Å². The number of nitrogens with zero attached hydrogens (tertiary/aromatic N) is 2. The van der Waals surface area contributed by atoms with E-state index in [0.29, 0.717) is 25.7 Å². The summed E-state index contributed by atoms with van der Waals surface area (Å²) in [5, 5.41) is 21.8. The summed E-state index contributed by atoms with van der Waals surface area (Å²) in [7, 11) is 0. The molecule has 0 aromatic heterocycles. The molecular weight excluding hydrogens is 348 g/mol. The summed E-state index contributed by atoms with van der Waals surface area (Å²) in [4.78, 5) is 31.3. The number of aldehydes is 1. The highest BCUT2D eigenvalue weighted by Crippen LogP contribution is 2.10. The predicted molar refractivity (Wildman–Crippen MR) is 106 cm³/mol. The molecule has 7 nitrogen and oxygen atoms in total. The van der Waals surface area contributed by atoms with E-state index in [4.69, 9.17) is 0 Å². The first-order valence-corrected chi connectivity index (χ1v) is 9.43. The van der Waals surface area contributed by atoms with Gasteiger partial charge in [-0.1, -0.05) is 44.1 Å². The zero-order chi connectivity index (χ0) is 20.3. The monoisotopic (exact) mass is 378 g/mol. The normalized spacial score (nSPS) is 12.8. The van der Waals surface area contributed by atoms with Crippen LogP contribution in [0.3, 0.4) is 0 Å². The Morgan fingerprint density at radius 3 is 1.78 bits per heavy atom. The van der Waals surface area contributed by atoms with Crippen LogP contribution in [0, 0.1) is 20.2 Å². The fraction of sp³-hybridized carbons (Fsp3) is 0.550. The van der Waals surface area contributed by atoms with Crippen molar-refractivity contribution in [3.63, 3.8) is 0 Å². The van der Waals surface area contributed by atoms with Gasteiger partial charge in [0.05, 0.1) is 22.7 Å². The maximum Gasteiger partial charge on any atom is 0.246 e. The number of carbonyl (C=O) groups is 1. The first-order chi connectivity index (χ1) is 13.0. The molecule has 0 saturated heterocycles. The van der Waals surface area contributed by atoms with Gasteiger partial charge in [-0.15, -0.1) is 0 Å². The van der Waals surface area contributed by atoms with E-state index in [-0.39, 0.29) is 34.1 Å². The van der Waals surface area contributed by atoms with Gasteiger partial charge in [0.25, 0.3) is 0 Å². The fourth-order valence-corrected chi connectivity index (χ4v) is 2.37. The lowest BCUT2D eigenvalue weighted by Gasteiger charge is -1.97. The van der Waals surface area contributed by atoms with Gasteiger partial charge in [-0.2, -0.15) is 0 Å². The van der Waals surface area contributed by atoms with Crippen molar-refractivity contribution in [2.45, 2.75) is 71.1 Å². The minimum Gasteiger partial charge on any atom is -0.303 e. The number of allylic oxidation sites excluding steroid dienone is 6. The van der Waals surface area contributed by atoms with Crippen molar-refractivity contribution in [2.24, 2.45) is 0 Å². The molecule has 0 spiro atoms. The Kier molecular flexibility index (Phi) is 15.3. The van der Waals surface area contributed by atoms with Crippen molar-refractivity contribution in [3.8, 4) is 0 Å². The molecule has 0 rings (SSSR count). The SMILES string of the molecule is CC/C=C(/C/C=C/C/C=C/C/C(=C/CCCCCCC=O)[N+](=O)[O-])[N+](=O)[O-]. The first-order valence-electron chi connectivity index (χ1n) is 9.43. The third-order valence-electron chi connectivity index (χ3n) is 3.82. The molecule has 0 bridgehead atoms. The fourth-order valence-electron chi connectivity index (χ4n) is 2.37. The van der Waals surface area contributed by atoms with Crippen LogP contribution >= 0.6 is 0 Å². The lowest BCUT2D eigenvalue weighted by molar-refractivity contribution is -0.427. The molecule has 7 heteroatoms. The molecule has 0 aliphatic rings. The van der Waals surface area contributed by atoms with Gasteiger partial charge in [-0.3, -0.25) is 20.2 Å². The lowest BCUT2D eigenvalue weighted by Crippen LogP contribution is -1.97. The van der Waals surface area contributed by atoms with Crippen LogP contribution < -0.4 is 0 Å². The topological polar surface area (TPSA) is 103 Å². The lowest BCUT2D eigenvalue weighted by atomic mass is 10.1. The van der Waals surface area contributed by atoms with E-state index in [9.17, 15) is 25.0 Å². The molecule has 0 unspecified atom stereocenters. The maximum atomic E-state index is 11.1. The molecule has 0 N–H and O–H groups in total. The van der Waals surface area contributed by atoms with Crippen LogP contribution in [0.1, 0.15) is 71.1 Å². The summed E-state index contributed by atoms with van der Waals surface area (Å²) in [6.45, 7) is 1.85. The molecule has 0 aromatic carbocycles. The van der Waals surface area contributed by atoms with E-state index in [0.717, 1.165) is 32.0 Å². The Hall–Kier alpha value is -2.57. The second-order valence-electron chi connectivity index (χ2n) is 6.06. The van der Waals surface area contributed by atoms with Crippen molar-refractivity contribution in [2.75, 3.05) is 0 Å². The Balaban J connectivity index is 4.19. The van der Waals surface area contributed by atoms with Crippen molar-refractivity contribution in [1.29, 1.82) is 0 Å². The van der Waals surface area contributed by atoms with Crippen LogP contribution in [0.25, 0.3) is 0 Å². The zero-order valence-corrected chi connectivity index (χ0v) is 16.0. The molecule has 0 aliphatic carbocycles. The second kappa shape index (κ2) is 16.9. The summed E-state index contributed by atoms with van der Waals surface area (Å²) in [6.07, 6.45) is 18.0. The van der Waals surface area contributed by atoms with Gasteiger partial charge in [-0.25, -0.2) is 0 Å². The molecule has 27 heavy (non-hydrogen) atoms. The van der Waals surface area contributed by atoms with Crippen LogP contribution in [-0.4, -0.2) is 16.1 Å². The van der Waals surface area contributed by atoms with Crippen LogP contribution in [-0.2, 0) is 4.79 Å². The van der Waals surface area contributed by atoms with E-state index in [1.54, 1.807) is 24.3 Å². The van der Waals surface area contributed by atoms with E-state index >= 15 is 0 Å². The molecule has 0 fully saturated rings. The first kappa shape index (κ1) is 24.4. The molecular formula is C20H30N2O5. The highest BCUT2D eigenvalue weighted by atomic mass is 16.6. The number of nitro groups is 2. The molecule has 0 radical (unpaired) electrons. The van der Waals surface area contributed by atoms with Gasteiger partial charge in [-0.05, 0) is 44.3 Å². The van der Waals surface area contributed by atoms with Gasteiger partial charge >= 0.3 is 0 Å². The Labute approximate surface area is 160 Å². The molecule has 150 valence electrons. The standard InChI is InChI=1S/C20H30N2O5/c1-2-14-19(21(24)25)15-10-7-5-8-12-17-20(22(26)27)16-11-6-3-4-9-13-18-23/h7-8,10,12,14,16,18H,2-6,9,11,13,15,17H2,1H3/b10-7+,12-8+,19-14-,20-16-. The molecule has 0 aliphatic heterocycles. The van der Waals surface area contributed by atoms with Crippen LogP contribution in [0.15, 0.2) is 47.9 Å². The third kappa shape index (κ3) is 14.3. The molecule has 0 amide bonds. The minimum absolute atomic E-state index is 0.183. The Bertz CT molecular complexity index is 577. The average Bonchev–Trinajstić information content (AvgIpc) is 2.63. The van der Waals surface area contributed by atoms with E-state index in [2.05, 4.69) is 0 Å². The number of unbranched alkanes of at least 4 members (excludes halogenated alkanes) is 5. The van der Waals surface area contributed by atoms with Gasteiger partial charge in [0.2, 0.25) is 11.4 Å². The quantitative estimate of drug-likeness (QED) is 0.115. The maximum absolute atomic E-state index is 11.1. The molecule has 0 atom stereocenters. The molecule has 0 aromatic rings. The van der Waals surface area contributed by atoms with Crippen molar-refractivity contribution >= 4 is 6.29 Å². The smallest absolute Gasteiger partial charge is 0.246 e. The second-order valence-corrected chi connectivity index (χ2v) is 6.06. The van der Waals surface area contributed by atoms with Gasteiger partial charge in [0, 0.05) is 6.42 Å². The Morgan fingerprint density at radius 2 is 1.30 bits per heavy atom. The average molecular weight is 378 g/mol. The van der Waals surface area contributed by atoms with Gasteiger partial charge < -0.3 is 4.79 Å². The van der Waals surface area contributed by atoms with Crippen LogP contribution in [0.4, 0.5) is 0 Å².